The van der Waals surface area contributed by atoms with E-state index in [-0.39, 0.29) is 5.78 Å². The van der Waals surface area contributed by atoms with Gasteiger partial charge in [0.2, 0.25) is 0 Å². The zero-order chi connectivity index (χ0) is 9.36. The van der Waals surface area contributed by atoms with Gasteiger partial charge < -0.3 is 0 Å². The van der Waals surface area contributed by atoms with Crippen LogP contribution in [-0.4, -0.2) is 5.78 Å². The Balaban J connectivity index is 2.46. The molecule has 1 rings (SSSR count). The molecule has 1 aliphatic rings. The van der Waals surface area contributed by atoms with Crippen LogP contribution in [0.25, 0.3) is 0 Å². The van der Waals surface area contributed by atoms with Crippen molar-refractivity contribution >= 4 is 5.78 Å². The molecule has 0 aliphatic heterocycles. The van der Waals surface area contributed by atoms with Gasteiger partial charge in [-0.2, -0.15) is 0 Å². The van der Waals surface area contributed by atoms with Crippen molar-refractivity contribution in [2.45, 2.75) is 32.1 Å². The van der Waals surface area contributed by atoms with Gasteiger partial charge in [0.05, 0.1) is 0 Å². The monoisotopic (exact) mass is 176 g/mol. The summed E-state index contributed by atoms with van der Waals surface area (Å²) in [5.74, 6) is 0.209. The van der Waals surface area contributed by atoms with Crippen molar-refractivity contribution in [3.63, 3.8) is 0 Å². The maximum atomic E-state index is 11.1. The maximum absolute atomic E-state index is 11.1. The first-order valence-corrected chi connectivity index (χ1v) is 4.89. The molecule has 0 saturated heterocycles. The van der Waals surface area contributed by atoms with Gasteiger partial charge >= 0.3 is 0 Å². The summed E-state index contributed by atoms with van der Waals surface area (Å²) >= 11 is 0. The first-order valence-electron chi connectivity index (χ1n) is 4.89. The molecule has 0 radical (unpaired) electrons. The number of rotatable bonds is 0. The minimum absolute atomic E-state index is 0.209. The average molecular weight is 176 g/mol. The summed E-state index contributed by atoms with van der Waals surface area (Å²) < 4.78 is 0. The number of hydrogen-bond donors (Lipinski definition) is 0. The fourth-order valence-electron chi connectivity index (χ4n) is 1.22. The van der Waals surface area contributed by atoms with Gasteiger partial charge in [-0.3, -0.25) is 4.79 Å². The Hall–Kier alpha value is -1.11. The first kappa shape index (κ1) is 9.97. The largest absolute Gasteiger partial charge is 0.295 e. The van der Waals surface area contributed by atoms with E-state index in [1.807, 2.05) is 12.2 Å². The molecule has 0 amide bonds. The Labute approximate surface area is 79.8 Å². The molecule has 0 N–H and O–H groups in total. The molecule has 0 fully saturated rings. The highest BCUT2D eigenvalue weighted by Gasteiger charge is 1.91. The van der Waals surface area contributed by atoms with Crippen molar-refractivity contribution in [3.8, 4) is 0 Å². The van der Waals surface area contributed by atoms with E-state index < -0.39 is 0 Å². The van der Waals surface area contributed by atoms with Crippen LogP contribution in [0.15, 0.2) is 36.5 Å². The molecule has 0 unspecified atom stereocenters. The summed E-state index contributed by atoms with van der Waals surface area (Å²) in [6.45, 7) is 0. The predicted octanol–water partition coefficient (Wildman–Crippen LogP) is 3.19. The Morgan fingerprint density at radius 3 is 2.00 bits per heavy atom. The summed E-state index contributed by atoms with van der Waals surface area (Å²) in [5, 5.41) is 0. The Morgan fingerprint density at radius 1 is 0.769 bits per heavy atom. The van der Waals surface area contributed by atoms with E-state index in [9.17, 15) is 4.79 Å². The van der Waals surface area contributed by atoms with Crippen LogP contribution < -0.4 is 0 Å². The molecule has 0 spiro atoms. The molecule has 1 heteroatoms. The number of hydrogen-bond acceptors (Lipinski definition) is 1. The number of carbonyl (C=O) groups excluding carboxylic acids is 1. The van der Waals surface area contributed by atoms with E-state index in [1.54, 1.807) is 6.08 Å². The van der Waals surface area contributed by atoms with Gasteiger partial charge in [0.25, 0.3) is 0 Å². The standard InChI is InChI=1S/C12H16O/c13-12-10-8-6-4-2-1-3-5-7-9-11-12/h1-2,7-10H,3-6,11H2/b2-1+,9-7+,10-8+. The van der Waals surface area contributed by atoms with Crippen molar-refractivity contribution in [2.24, 2.45) is 0 Å². The molecule has 0 bridgehead atoms. The molecule has 0 aromatic rings. The van der Waals surface area contributed by atoms with Gasteiger partial charge in [0, 0.05) is 6.42 Å². The first-order chi connectivity index (χ1) is 6.39. The van der Waals surface area contributed by atoms with Crippen LogP contribution in [-0.2, 0) is 4.79 Å². The summed E-state index contributed by atoms with van der Waals surface area (Å²) in [6, 6.07) is 0. The molecule has 0 saturated carbocycles. The maximum Gasteiger partial charge on any atom is 0.159 e. The fourth-order valence-corrected chi connectivity index (χ4v) is 1.22. The zero-order valence-corrected chi connectivity index (χ0v) is 7.91. The van der Waals surface area contributed by atoms with Gasteiger partial charge in [0.15, 0.2) is 5.78 Å². The molecule has 0 aromatic carbocycles. The van der Waals surface area contributed by atoms with E-state index in [1.165, 1.54) is 0 Å². The zero-order valence-electron chi connectivity index (χ0n) is 7.91. The summed E-state index contributed by atoms with van der Waals surface area (Å²) in [7, 11) is 0. The molecule has 1 nitrogen and oxygen atoms in total. The normalized spacial score (nSPS) is 26.9. The SMILES string of the molecule is O=C1/C=C/CC/C=C/CC/C=C/C1. The van der Waals surface area contributed by atoms with Gasteiger partial charge in [-0.25, -0.2) is 0 Å². The summed E-state index contributed by atoms with van der Waals surface area (Å²) in [5.41, 5.74) is 0. The van der Waals surface area contributed by atoms with Crippen LogP contribution in [0.2, 0.25) is 0 Å². The van der Waals surface area contributed by atoms with Crippen LogP contribution >= 0.6 is 0 Å². The second-order valence-corrected chi connectivity index (χ2v) is 3.17. The minimum atomic E-state index is 0.209. The number of ketones is 1. The third-order valence-corrected chi connectivity index (χ3v) is 1.96. The van der Waals surface area contributed by atoms with Crippen molar-refractivity contribution in [2.75, 3.05) is 0 Å². The highest BCUT2D eigenvalue weighted by molar-refractivity contribution is 5.90. The summed E-state index contributed by atoms with van der Waals surface area (Å²) in [4.78, 5) is 11.1. The lowest BCUT2D eigenvalue weighted by molar-refractivity contribution is -0.113. The van der Waals surface area contributed by atoms with Crippen LogP contribution in [0.4, 0.5) is 0 Å². The second kappa shape index (κ2) is 6.41. The fraction of sp³-hybridized carbons (Fsp3) is 0.417. The molecule has 0 aromatic heterocycles. The van der Waals surface area contributed by atoms with Gasteiger partial charge in [-0.05, 0) is 31.8 Å². The lowest BCUT2D eigenvalue weighted by atomic mass is 10.1. The van der Waals surface area contributed by atoms with Crippen LogP contribution in [0.3, 0.4) is 0 Å². The lowest BCUT2D eigenvalue weighted by Gasteiger charge is -1.92. The third-order valence-electron chi connectivity index (χ3n) is 1.96. The Kier molecular flexibility index (Phi) is 4.92. The van der Waals surface area contributed by atoms with Gasteiger partial charge in [-0.1, -0.05) is 30.4 Å². The molecule has 70 valence electrons. The van der Waals surface area contributed by atoms with Crippen molar-refractivity contribution in [1.82, 2.24) is 0 Å². The Morgan fingerprint density at radius 2 is 1.31 bits per heavy atom. The van der Waals surface area contributed by atoms with Gasteiger partial charge in [0.1, 0.15) is 0 Å². The predicted molar refractivity (Wildman–Crippen MR) is 55.5 cm³/mol. The molecule has 1 aliphatic carbocycles. The molecular formula is C12H16O. The molecule has 13 heavy (non-hydrogen) atoms. The van der Waals surface area contributed by atoms with Crippen LogP contribution in [0.1, 0.15) is 32.1 Å². The highest BCUT2D eigenvalue weighted by atomic mass is 16.1. The van der Waals surface area contributed by atoms with E-state index in [0.717, 1.165) is 25.7 Å². The molecular weight excluding hydrogens is 160 g/mol. The van der Waals surface area contributed by atoms with E-state index in [0.29, 0.717) is 6.42 Å². The Bertz CT molecular complexity index is 234. The highest BCUT2D eigenvalue weighted by Crippen LogP contribution is 2.01. The van der Waals surface area contributed by atoms with Crippen molar-refractivity contribution in [3.05, 3.63) is 36.5 Å². The van der Waals surface area contributed by atoms with Crippen LogP contribution in [0, 0.1) is 0 Å². The van der Waals surface area contributed by atoms with E-state index in [2.05, 4.69) is 18.2 Å². The third kappa shape index (κ3) is 5.18. The quantitative estimate of drug-likeness (QED) is 0.518. The smallest absolute Gasteiger partial charge is 0.159 e. The van der Waals surface area contributed by atoms with Gasteiger partial charge in [-0.15, -0.1) is 0 Å². The van der Waals surface area contributed by atoms with Crippen molar-refractivity contribution in [1.29, 1.82) is 0 Å². The van der Waals surface area contributed by atoms with E-state index >= 15 is 0 Å². The summed E-state index contributed by atoms with van der Waals surface area (Å²) in [6.07, 6.45) is 16.8. The average Bonchev–Trinajstić information content (AvgIpc) is 2.11. The lowest BCUT2D eigenvalue weighted by Crippen LogP contribution is -1.88. The molecule has 0 heterocycles. The topological polar surface area (TPSA) is 17.1 Å². The van der Waals surface area contributed by atoms with E-state index in [4.69, 9.17) is 0 Å². The second-order valence-electron chi connectivity index (χ2n) is 3.17. The number of carbonyl (C=O) groups is 1. The minimum Gasteiger partial charge on any atom is -0.295 e. The van der Waals surface area contributed by atoms with Crippen LogP contribution in [0.5, 0.6) is 0 Å². The number of allylic oxidation sites excluding steroid dienone is 6. The van der Waals surface area contributed by atoms with Crippen molar-refractivity contribution < 1.29 is 4.79 Å². The molecule has 0 atom stereocenters.